The summed E-state index contributed by atoms with van der Waals surface area (Å²) in [6.07, 6.45) is 4.02. The van der Waals surface area contributed by atoms with Crippen LogP contribution in [0.4, 0.5) is 0 Å². The van der Waals surface area contributed by atoms with Gasteiger partial charge in [0.25, 0.3) is 0 Å². The highest BCUT2D eigenvalue weighted by Gasteiger charge is 2.16. The van der Waals surface area contributed by atoms with Gasteiger partial charge >= 0.3 is 0 Å². The van der Waals surface area contributed by atoms with E-state index >= 15 is 0 Å². The van der Waals surface area contributed by atoms with E-state index in [4.69, 9.17) is 11.6 Å². The second-order valence-corrected chi connectivity index (χ2v) is 3.64. The fourth-order valence-corrected chi connectivity index (χ4v) is 1.74. The van der Waals surface area contributed by atoms with Gasteiger partial charge in [-0.05, 0) is 38.3 Å². The molecule has 0 spiro atoms. The van der Waals surface area contributed by atoms with E-state index in [1.807, 2.05) is 0 Å². The van der Waals surface area contributed by atoms with Gasteiger partial charge in [0.1, 0.15) is 6.29 Å². The lowest BCUT2D eigenvalue weighted by Gasteiger charge is -2.22. The van der Waals surface area contributed by atoms with Crippen LogP contribution in [0, 0.1) is 5.92 Å². The van der Waals surface area contributed by atoms with Crippen molar-refractivity contribution < 1.29 is 4.79 Å². The van der Waals surface area contributed by atoms with Crippen LogP contribution in [-0.2, 0) is 4.79 Å². The number of rotatable bonds is 3. The highest BCUT2D eigenvalue weighted by molar-refractivity contribution is 6.27. The van der Waals surface area contributed by atoms with Crippen LogP contribution in [-0.4, -0.2) is 24.8 Å². The summed E-state index contributed by atoms with van der Waals surface area (Å²) < 4.78 is 0. The zero-order valence-corrected chi connectivity index (χ0v) is 7.31. The third-order valence-corrected chi connectivity index (χ3v) is 2.45. The predicted octanol–water partition coefficient (Wildman–Crippen LogP) is 1.18. The fraction of sp³-hybridized carbons (Fsp3) is 0.875. The van der Waals surface area contributed by atoms with E-state index in [9.17, 15) is 4.79 Å². The zero-order valence-electron chi connectivity index (χ0n) is 6.55. The second kappa shape index (κ2) is 4.73. The standard InChI is InChI=1S/C8H14ClNO/c9-8(6-11)5-7-1-3-10-4-2-7/h6-8,10H,1-5H2. The van der Waals surface area contributed by atoms with E-state index in [0.29, 0.717) is 5.92 Å². The summed E-state index contributed by atoms with van der Waals surface area (Å²) in [5.41, 5.74) is 0. The minimum atomic E-state index is -0.266. The monoisotopic (exact) mass is 175 g/mol. The van der Waals surface area contributed by atoms with Gasteiger partial charge in [-0.25, -0.2) is 0 Å². The molecule has 0 aliphatic carbocycles. The molecule has 0 amide bonds. The van der Waals surface area contributed by atoms with Crippen molar-refractivity contribution in [3.63, 3.8) is 0 Å². The van der Waals surface area contributed by atoms with Crippen molar-refractivity contribution in [1.29, 1.82) is 0 Å². The molecule has 1 N–H and O–H groups in total. The fourth-order valence-electron chi connectivity index (χ4n) is 1.49. The first kappa shape index (κ1) is 9.01. The molecule has 0 saturated carbocycles. The summed E-state index contributed by atoms with van der Waals surface area (Å²) in [4.78, 5) is 10.2. The maximum absolute atomic E-state index is 10.2. The van der Waals surface area contributed by atoms with Gasteiger partial charge in [0.05, 0.1) is 5.38 Å². The maximum atomic E-state index is 10.2. The zero-order chi connectivity index (χ0) is 8.10. The maximum Gasteiger partial charge on any atom is 0.137 e. The van der Waals surface area contributed by atoms with E-state index in [-0.39, 0.29) is 5.38 Å². The van der Waals surface area contributed by atoms with E-state index in [0.717, 1.165) is 38.6 Å². The Labute approximate surface area is 72.3 Å². The first-order chi connectivity index (χ1) is 5.33. The number of alkyl halides is 1. The summed E-state index contributed by atoms with van der Waals surface area (Å²) in [6.45, 7) is 2.15. The molecular formula is C8H14ClNO. The second-order valence-electron chi connectivity index (χ2n) is 3.08. The molecule has 1 aliphatic rings. The molecule has 1 atom stereocenters. The minimum Gasteiger partial charge on any atom is -0.317 e. The molecule has 0 bridgehead atoms. The molecule has 1 heterocycles. The van der Waals surface area contributed by atoms with Crippen molar-refractivity contribution in [3.8, 4) is 0 Å². The number of halogens is 1. The Hall–Kier alpha value is -0.0800. The Bertz CT molecular complexity index is 123. The van der Waals surface area contributed by atoms with Crippen LogP contribution in [0.15, 0.2) is 0 Å². The molecule has 1 unspecified atom stereocenters. The Balaban J connectivity index is 2.18. The number of piperidine rings is 1. The summed E-state index contributed by atoms with van der Waals surface area (Å²) >= 11 is 5.71. The third-order valence-electron chi connectivity index (χ3n) is 2.16. The van der Waals surface area contributed by atoms with Gasteiger partial charge in [-0.2, -0.15) is 0 Å². The quantitative estimate of drug-likeness (QED) is 0.516. The van der Waals surface area contributed by atoms with Gasteiger partial charge in [0.15, 0.2) is 0 Å². The van der Waals surface area contributed by atoms with Crippen LogP contribution in [0.25, 0.3) is 0 Å². The Morgan fingerprint density at radius 1 is 1.55 bits per heavy atom. The molecular weight excluding hydrogens is 162 g/mol. The average molecular weight is 176 g/mol. The highest BCUT2D eigenvalue weighted by Crippen LogP contribution is 2.19. The summed E-state index contributed by atoms with van der Waals surface area (Å²) in [6, 6.07) is 0. The number of carbonyl (C=O) groups is 1. The van der Waals surface area contributed by atoms with Crippen molar-refractivity contribution in [1.82, 2.24) is 5.32 Å². The Morgan fingerprint density at radius 2 is 2.18 bits per heavy atom. The first-order valence-electron chi connectivity index (χ1n) is 4.13. The molecule has 0 radical (unpaired) electrons. The van der Waals surface area contributed by atoms with Gasteiger partial charge in [-0.1, -0.05) is 0 Å². The van der Waals surface area contributed by atoms with E-state index in [1.165, 1.54) is 0 Å². The Kier molecular flexibility index (Phi) is 3.87. The third kappa shape index (κ3) is 3.21. The van der Waals surface area contributed by atoms with Crippen molar-refractivity contribution in [2.24, 2.45) is 5.92 Å². The average Bonchev–Trinajstić information content (AvgIpc) is 2.06. The molecule has 2 nitrogen and oxygen atoms in total. The van der Waals surface area contributed by atoms with Gasteiger partial charge in [-0.3, -0.25) is 0 Å². The van der Waals surface area contributed by atoms with Crippen molar-refractivity contribution in [3.05, 3.63) is 0 Å². The van der Waals surface area contributed by atoms with Crippen LogP contribution >= 0.6 is 11.6 Å². The lowest BCUT2D eigenvalue weighted by Crippen LogP contribution is -2.29. The molecule has 0 aromatic carbocycles. The molecule has 11 heavy (non-hydrogen) atoms. The first-order valence-corrected chi connectivity index (χ1v) is 4.56. The van der Waals surface area contributed by atoms with E-state index in [2.05, 4.69) is 5.32 Å². The number of nitrogens with one attached hydrogen (secondary N) is 1. The van der Waals surface area contributed by atoms with Crippen LogP contribution in [0.5, 0.6) is 0 Å². The summed E-state index contributed by atoms with van der Waals surface area (Å²) in [5.74, 6) is 0.656. The van der Waals surface area contributed by atoms with Crippen LogP contribution in [0.3, 0.4) is 0 Å². The van der Waals surface area contributed by atoms with E-state index in [1.54, 1.807) is 0 Å². The molecule has 1 saturated heterocycles. The molecule has 64 valence electrons. The van der Waals surface area contributed by atoms with Gasteiger partial charge in [0.2, 0.25) is 0 Å². The summed E-state index contributed by atoms with van der Waals surface area (Å²) in [7, 11) is 0. The van der Waals surface area contributed by atoms with Gasteiger partial charge in [0, 0.05) is 0 Å². The smallest absolute Gasteiger partial charge is 0.137 e. The predicted molar refractivity (Wildman–Crippen MR) is 45.9 cm³/mol. The Morgan fingerprint density at radius 3 is 2.73 bits per heavy atom. The normalized spacial score (nSPS) is 23.0. The molecule has 0 aromatic heterocycles. The number of aldehydes is 1. The minimum absolute atomic E-state index is 0.266. The summed E-state index contributed by atoms with van der Waals surface area (Å²) in [5, 5.41) is 3.01. The molecule has 3 heteroatoms. The van der Waals surface area contributed by atoms with Crippen LogP contribution in [0.2, 0.25) is 0 Å². The SMILES string of the molecule is O=CC(Cl)CC1CCNCC1. The van der Waals surface area contributed by atoms with Crippen LogP contribution < -0.4 is 5.32 Å². The van der Waals surface area contributed by atoms with Gasteiger partial charge in [-0.15, -0.1) is 11.6 Å². The highest BCUT2D eigenvalue weighted by atomic mass is 35.5. The molecule has 0 aromatic rings. The van der Waals surface area contributed by atoms with Gasteiger partial charge < -0.3 is 10.1 Å². The lowest BCUT2D eigenvalue weighted by atomic mass is 9.93. The lowest BCUT2D eigenvalue weighted by molar-refractivity contribution is -0.107. The molecule has 1 aliphatic heterocycles. The largest absolute Gasteiger partial charge is 0.317 e. The molecule has 1 rings (SSSR count). The molecule has 1 fully saturated rings. The number of hydrogen-bond donors (Lipinski definition) is 1. The van der Waals surface area contributed by atoms with Crippen molar-refractivity contribution >= 4 is 17.9 Å². The topological polar surface area (TPSA) is 29.1 Å². The van der Waals surface area contributed by atoms with E-state index < -0.39 is 0 Å². The number of hydrogen-bond acceptors (Lipinski definition) is 2. The van der Waals surface area contributed by atoms with Crippen molar-refractivity contribution in [2.45, 2.75) is 24.6 Å². The number of carbonyl (C=O) groups excluding carboxylic acids is 1. The van der Waals surface area contributed by atoms with Crippen LogP contribution in [0.1, 0.15) is 19.3 Å². The van der Waals surface area contributed by atoms with Crippen molar-refractivity contribution in [2.75, 3.05) is 13.1 Å².